The molecule has 0 N–H and O–H groups in total. The van der Waals surface area contributed by atoms with Crippen molar-refractivity contribution in [3.05, 3.63) is 30.1 Å². The molecule has 2 heterocycles. The average molecular weight is 290 g/mol. The minimum atomic E-state index is -0.219. The molecule has 1 aliphatic heterocycles. The summed E-state index contributed by atoms with van der Waals surface area (Å²) >= 11 is 0. The predicted molar refractivity (Wildman–Crippen MR) is 78.5 cm³/mol. The van der Waals surface area contributed by atoms with Gasteiger partial charge in [0.25, 0.3) is 0 Å². The normalized spacial score (nSPS) is 18.3. The van der Waals surface area contributed by atoms with E-state index in [-0.39, 0.29) is 17.9 Å². The number of hydrogen-bond donors (Lipinski definition) is 0. The standard InChI is InChI=1S/C16H22N2O3/c1-2-21-16(20)11-14-7-3-4-9-18(14)15(19)10-13-6-5-8-17-12-13/h5-6,8,12,14H,2-4,7,9-11H2,1H3/t14-/m0/s1. The van der Waals surface area contributed by atoms with Crippen molar-refractivity contribution in [1.29, 1.82) is 0 Å². The molecule has 5 heteroatoms. The maximum Gasteiger partial charge on any atom is 0.307 e. The lowest BCUT2D eigenvalue weighted by Crippen LogP contribution is -2.45. The van der Waals surface area contributed by atoms with Gasteiger partial charge in [-0.1, -0.05) is 6.07 Å². The molecule has 1 atom stereocenters. The smallest absolute Gasteiger partial charge is 0.307 e. The van der Waals surface area contributed by atoms with E-state index in [1.165, 1.54) is 0 Å². The van der Waals surface area contributed by atoms with Crippen LogP contribution in [0.1, 0.15) is 38.2 Å². The lowest BCUT2D eigenvalue weighted by Gasteiger charge is -2.35. The Bertz CT molecular complexity index is 476. The summed E-state index contributed by atoms with van der Waals surface area (Å²) in [4.78, 5) is 30.0. The van der Waals surface area contributed by atoms with Crippen molar-refractivity contribution in [3.63, 3.8) is 0 Å². The van der Waals surface area contributed by atoms with Crippen molar-refractivity contribution >= 4 is 11.9 Å². The summed E-state index contributed by atoms with van der Waals surface area (Å²) in [5.41, 5.74) is 0.906. The Labute approximate surface area is 125 Å². The van der Waals surface area contributed by atoms with E-state index in [0.717, 1.165) is 31.4 Å². The quantitative estimate of drug-likeness (QED) is 0.778. The van der Waals surface area contributed by atoms with E-state index in [0.29, 0.717) is 19.4 Å². The van der Waals surface area contributed by atoms with Gasteiger partial charge in [-0.2, -0.15) is 0 Å². The Hall–Kier alpha value is -1.91. The molecular weight excluding hydrogens is 268 g/mol. The number of amides is 1. The number of piperidine rings is 1. The summed E-state index contributed by atoms with van der Waals surface area (Å²) in [5, 5.41) is 0. The third-order valence-corrected chi connectivity index (χ3v) is 3.73. The fourth-order valence-electron chi connectivity index (χ4n) is 2.73. The summed E-state index contributed by atoms with van der Waals surface area (Å²) in [6, 6.07) is 3.70. The number of aromatic nitrogens is 1. The third-order valence-electron chi connectivity index (χ3n) is 3.73. The van der Waals surface area contributed by atoms with Gasteiger partial charge in [0.2, 0.25) is 5.91 Å². The molecule has 0 spiro atoms. The molecule has 5 nitrogen and oxygen atoms in total. The van der Waals surface area contributed by atoms with E-state index in [4.69, 9.17) is 4.74 Å². The van der Waals surface area contributed by atoms with Crippen LogP contribution in [0.15, 0.2) is 24.5 Å². The van der Waals surface area contributed by atoms with Crippen molar-refractivity contribution in [2.45, 2.75) is 45.1 Å². The van der Waals surface area contributed by atoms with Crippen molar-refractivity contribution in [2.75, 3.05) is 13.2 Å². The van der Waals surface area contributed by atoms with Crippen LogP contribution in [0.5, 0.6) is 0 Å². The van der Waals surface area contributed by atoms with Crippen LogP contribution in [-0.4, -0.2) is 41.0 Å². The minimum absolute atomic E-state index is 0.0260. The molecule has 21 heavy (non-hydrogen) atoms. The summed E-state index contributed by atoms with van der Waals surface area (Å²) in [7, 11) is 0. The van der Waals surface area contributed by atoms with Crippen LogP contribution in [-0.2, 0) is 20.7 Å². The number of esters is 1. The lowest BCUT2D eigenvalue weighted by molar-refractivity contribution is -0.146. The number of nitrogens with zero attached hydrogens (tertiary/aromatic N) is 2. The highest BCUT2D eigenvalue weighted by Crippen LogP contribution is 2.21. The molecule has 0 aromatic carbocycles. The highest BCUT2D eigenvalue weighted by atomic mass is 16.5. The van der Waals surface area contributed by atoms with Crippen LogP contribution in [0.25, 0.3) is 0 Å². The molecule has 0 unspecified atom stereocenters. The summed E-state index contributed by atoms with van der Waals surface area (Å²) in [6.45, 7) is 2.91. The van der Waals surface area contributed by atoms with Gasteiger partial charge in [0.1, 0.15) is 0 Å². The largest absolute Gasteiger partial charge is 0.466 e. The summed E-state index contributed by atoms with van der Waals surface area (Å²) < 4.78 is 5.00. The van der Waals surface area contributed by atoms with Crippen LogP contribution >= 0.6 is 0 Å². The SMILES string of the molecule is CCOC(=O)C[C@@H]1CCCCN1C(=O)Cc1cccnc1. The van der Waals surface area contributed by atoms with Gasteiger partial charge in [-0.25, -0.2) is 0 Å². The Morgan fingerprint density at radius 2 is 2.29 bits per heavy atom. The van der Waals surface area contributed by atoms with Gasteiger partial charge >= 0.3 is 5.97 Å². The van der Waals surface area contributed by atoms with Crippen LogP contribution in [0.2, 0.25) is 0 Å². The molecule has 0 aliphatic carbocycles. The molecule has 1 aliphatic rings. The molecule has 0 bridgehead atoms. The molecule has 0 saturated carbocycles. The van der Waals surface area contributed by atoms with Crippen molar-refractivity contribution in [2.24, 2.45) is 0 Å². The Kier molecular flexibility index (Phi) is 5.72. The number of carbonyl (C=O) groups is 2. The molecule has 114 valence electrons. The second kappa shape index (κ2) is 7.76. The Balaban J connectivity index is 1.97. The third kappa shape index (κ3) is 4.55. The maximum absolute atomic E-state index is 12.5. The van der Waals surface area contributed by atoms with E-state index < -0.39 is 0 Å². The van der Waals surface area contributed by atoms with E-state index in [2.05, 4.69) is 4.98 Å². The number of carbonyl (C=O) groups excluding carboxylic acids is 2. The number of rotatable bonds is 5. The predicted octanol–water partition coefficient (Wildman–Crippen LogP) is 1.96. The first-order valence-electron chi connectivity index (χ1n) is 7.54. The molecule has 2 rings (SSSR count). The van der Waals surface area contributed by atoms with Crippen molar-refractivity contribution in [3.8, 4) is 0 Å². The van der Waals surface area contributed by atoms with Gasteiger partial charge in [-0.15, -0.1) is 0 Å². The zero-order valence-electron chi connectivity index (χ0n) is 12.5. The van der Waals surface area contributed by atoms with Crippen molar-refractivity contribution in [1.82, 2.24) is 9.88 Å². The highest BCUT2D eigenvalue weighted by Gasteiger charge is 2.28. The van der Waals surface area contributed by atoms with Gasteiger partial charge in [0.05, 0.1) is 19.4 Å². The van der Waals surface area contributed by atoms with Crippen LogP contribution < -0.4 is 0 Å². The second-order valence-electron chi connectivity index (χ2n) is 5.28. The minimum Gasteiger partial charge on any atom is -0.466 e. The number of ether oxygens (including phenoxy) is 1. The molecule has 1 fully saturated rings. The average Bonchev–Trinajstić information content (AvgIpc) is 2.49. The first-order valence-corrected chi connectivity index (χ1v) is 7.54. The van der Waals surface area contributed by atoms with Gasteiger partial charge in [-0.3, -0.25) is 14.6 Å². The summed E-state index contributed by atoms with van der Waals surface area (Å²) in [6.07, 6.45) is 6.97. The zero-order chi connectivity index (χ0) is 15.1. The molecule has 0 radical (unpaired) electrons. The zero-order valence-corrected chi connectivity index (χ0v) is 12.5. The molecule has 1 aromatic rings. The first-order chi connectivity index (χ1) is 10.2. The topological polar surface area (TPSA) is 59.5 Å². The monoisotopic (exact) mass is 290 g/mol. The van der Waals surface area contributed by atoms with Crippen LogP contribution in [0.4, 0.5) is 0 Å². The van der Waals surface area contributed by atoms with Crippen LogP contribution in [0.3, 0.4) is 0 Å². The highest BCUT2D eigenvalue weighted by molar-refractivity contribution is 5.80. The van der Waals surface area contributed by atoms with Crippen molar-refractivity contribution < 1.29 is 14.3 Å². The van der Waals surface area contributed by atoms with Gasteiger partial charge < -0.3 is 9.64 Å². The van der Waals surface area contributed by atoms with E-state index >= 15 is 0 Å². The summed E-state index contributed by atoms with van der Waals surface area (Å²) in [5.74, 6) is -0.152. The van der Waals surface area contributed by atoms with Gasteiger partial charge in [0, 0.05) is 25.0 Å². The molecular formula is C16H22N2O3. The lowest BCUT2D eigenvalue weighted by atomic mass is 9.98. The number of pyridine rings is 1. The molecule has 1 saturated heterocycles. The van der Waals surface area contributed by atoms with Gasteiger partial charge in [-0.05, 0) is 37.8 Å². The Morgan fingerprint density at radius 3 is 3.00 bits per heavy atom. The molecule has 1 aromatic heterocycles. The van der Waals surface area contributed by atoms with Gasteiger partial charge in [0.15, 0.2) is 0 Å². The second-order valence-corrected chi connectivity index (χ2v) is 5.28. The van der Waals surface area contributed by atoms with E-state index in [1.807, 2.05) is 17.0 Å². The fraction of sp³-hybridized carbons (Fsp3) is 0.562. The fourth-order valence-corrected chi connectivity index (χ4v) is 2.73. The Morgan fingerprint density at radius 1 is 1.43 bits per heavy atom. The maximum atomic E-state index is 12.5. The van der Waals surface area contributed by atoms with E-state index in [9.17, 15) is 9.59 Å². The van der Waals surface area contributed by atoms with Crippen LogP contribution in [0, 0.1) is 0 Å². The van der Waals surface area contributed by atoms with E-state index in [1.54, 1.807) is 19.3 Å². The number of hydrogen-bond acceptors (Lipinski definition) is 4. The molecule has 1 amide bonds. The number of likely N-dealkylation sites (tertiary alicyclic amines) is 1. The first kappa shape index (κ1) is 15.5.